The quantitative estimate of drug-likeness (QED) is 0.493. The molecular weight excluding hydrogens is 326 g/mol. The van der Waals surface area contributed by atoms with Gasteiger partial charge in [-0.1, -0.05) is 24.2 Å². The Morgan fingerprint density at radius 1 is 1.38 bits per heavy atom. The Morgan fingerprint density at radius 3 is 3.00 bits per heavy atom. The van der Waals surface area contributed by atoms with Crippen molar-refractivity contribution in [2.75, 3.05) is 0 Å². The van der Waals surface area contributed by atoms with Gasteiger partial charge in [-0.3, -0.25) is 4.79 Å². The molecule has 0 amide bonds. The minimum absolute atomic E-state index is 0.203. The van der Waals surface area contributed by atoms with E-state index in [-0.39, 0.29) is 11.3 Å². The van der Waals surface area contributed by atoms with Crippen molar-refractivity contribution < 1.29 is 4.84 Å². The first-order chi connectivity index (χ1) is 12.7. The lowest BCUT2D eigenvalue weighted by Crippen LogP contribution is -2.16. The maximum Gasteiger partial charge on any atom is 0.260 e. The van der Waals surface area contributed by atoms with E-state index in [2.05, 4.69) is 28.9 Å². The Kier molecular flexibility index (Phi) is 5.33. The summed E-state index contributed by atoms with van der Waals surface area (Å²) < 4.78 is 0. The Morgan fingerprint density at radius 2 is 2.23 bits per heavy atom. The van der Waals surface area contributed by atoms with Crippen molar-refractivity contribution in [3.63, 3.8) is 0 Å². The van der Waals surface area contributed by atoms with E-state index in [4.69, 9.17) is 4.84 Å². The molecule has 2 aromatic rings. The number of nitriles is 1. The van der Waals surface area contributed by atoms with Gasteiger partial charge >= 0.3 is 0 Å². The van der Waals surface area contributed by atoms with Gasteiger partial charge in [0.15, 0.2) is 5.76 Å². The van der Waals surface area contributed by atoms with Crippen LogP contribution < -0.4 is 5.56 Å². The zero-order valence-electron chi connectivity index (χ0n) is 14.8. The largest absolute Gasteiger partial charge is 0.357 e. The molecule has 0 aliphatic heterocycles. The number of H-pyrrole nitrogens is 1. The molecular formula is C21H21N3O2. The van der Waals surface area contributed by atoms with Crippen molar-refractivity contribution >= 4 is 28.4 Å². The number of pyridine rings is 1. The molecule has 1 aliphatic carbocycles. The smallest absolute Gasteiger partial charge is 0.260 e. The highest BCUT2D eigenvalue weighted by Gasteiger charge is 2.21. The summed E-state index contributed by atoms with van der Waals surface area (Å²) in [5.41, 5.74) is 3.27. The van der Waals surface area contributed by atoms with E-state index in [0.717, 1.165) is 48.6 Å². The second-order valence-corrected chi connectivity index (χ2v) is 6.28. The van der Waals surface area contributed by atoms with Gasteiger partial charge in [-0.15, -0.1) is 0 Å². The predicted molar refractivity (Wildman–Crippen MR) is 105 cm³/mol. The van der Waals surface area contributed by atoms with E-state index in [1.165, 1.54) is 6.21 Å². The van der Waals surface area contributed by atoms with Crippen molar-refractivity contribution in [1.29, 1.82) is 5.26 Å². The number of aromatic amines is 1. The first-order valence-corrected chi connectivity index (χ1v) is 8.79. The Labute approximate surface area is 152 Å². The average molecular weight is 347 g/mol. The van der Waals surface area contributed by atoms with Crippen molar-refractivity contribution in [3.8, 4) is 6.07 Å². The van der Waals surface area contributed by atoms with E-state index in [1.807, 2.05) is 6.07 Å². The van der Waals surface area contributed by atoms with Crippen LogP contribution in [0.25, 0.3) is 22.2 Å². The molecule has 1 N–H and O–H groups in total. The molecule has 0 fully saturated rings. The molecule has 1 aromatic carbocycles. The van der Waals surface area contributed by atoms with Crippen LogP contribution in [0.5, 0.6) is 0 Å². The molecule has 5 nitrogen and oxygen atoms in total. The second-order valence-electron chi connectivity index (χ2n) is 6.28. The van der Waals surface area contributed by atoms with Gasteiger partial charge in [-0.05, 0) is 56.4 Å². The Hall–Kier alpha value is -3.13. The third-order valence-corrected chi connectivity index (χ3v) is 4.55. The topological polar surface area (TPSA) is 78.2 Å². The number of allylic oxidation sites excluding steroid dienone is 2. The molecule has 0 bridgehead atoms. The fraction of sp³-hybridized carbons (Fsp3) is 0.286. The van der Waals surface area contributed by atoms with Crippen molar-refractivity contribution in [3.05, 3.63) is 57.9 Å². The second kappa shape index (κ2) is 7.83. The predicted octanol–water partition coefficient (Wildman–Crippen LogP) is 4.74. The molecule has 0 spiro atoms. The maximum absolute atomic E-state index is 12.8. The highest BCUT2D eigenvalue weighted by Crippen LogP contribution is 2.34. The summed E-state index contributed by atoms with van der Waals surface area (Å²) in [7, 11) is 0. The zero-order chi connectivity index (χ0) is 18.5. The molecule has 132 valence electrons. The number of nitrogens with one attached hydrogen (secondary N) is 1. The average Bonchev–Trinajstić information content (AvgIpc) is 2.93. The van der Waals surface area contributed by atoms with Gasteiger partial charge in [0, 0.05) is 22.7 Å². The normalized spacial score (nSPS) is 14.7. The van der Waals surface area contributed by atoms with E-state index in [0.29, 0.717) is 16.6 Å². The van der Waals surface area contributed by atoms with Crippen LogP contribution in [-0.4, -0.2) is 11.2 Å². The van der Waals surface area contributed by atoms with Crippen LogP contribution in [0.4, 0.5) is 0 Å². The standard InChI is InChI=1S/C21H21N3O2/c1-3-23-26-14(2)19-20(16-8-6-4-5-7-9-16)17-12-15(13-22)10-11-18(17)24-21(19)25/h3,8,10-12H,2,4-7,9H2,1H3,(H,24,25)/b23-3+. The summed E-state index contributed by atoms with van der Waals surface area (Å²) in [5.74, 6) is 0.203. The number of hydrogen-bond acceptors (Lipinski definition) is 4. The molecule has 26 heavy (non-hydrogen) atoms. The van der Waals surface area contributed by atoms with E-state index in [9.17, 15) is 10.1 Å². The Bertz CT molecular complexity index is 1010. The molecule has 0 saturated heterocycles. The summed E-state index contributed by atoms with van der Waals surface area (Å²) in [6.45, 7) is 5.63. The Balaban J connectivity index is 2.33. The van der Waals surface area contributed by atoms with Gasteiger partial charge in [0.2, 0.25) is 0 Å². The van der Waals surface area contributed by atoms with Crippen LogP contribution in [0.15, 0.2) is 40.8 Å². The number of nitrogens with zero attached hydrogens (tertiary/aromatic N) is 2. The fourth-order valence-electron chi connectivity index (χ4n) is 3.37. The SMILES string of the molecule is C=C(O/N=C/C)c1c(C2=CCCCCC2)c2cc(C#N)ccc2[nH]c1=O. The lowest BCUT2D eigenvalue weighted by molar-refractivity contribution is 0.300. The molecule has 1 heterocycles. The highest BCUT2D eigenvalue weighted by molar-refractivity contribution is 5.96. The minimum atomic E-state index is -0.265. The van der Waals surface area contributed by atoms with Crippen LogP contribution >= 0.6 is 0 Å². The lowest BCUT2D eigenvalue weighted by Gasteiger charge is -2.16. The number of oxime groups is 1. The molecule has 1 aliphatic rings. The molecule has 5 heteroatoms. The number of benzene rings is 1. The van der Waals surface area contributed by atoms with Crippen LogP contribution in [0.1, 0.15) is 55.7 Å². The lowest BCUT2D eigenvalue weighted by atomic mass is 9.92. The van der Waals surface area contributed by atoms with Crippen LogP contribution in [0.3, 0.4) is 0 Å². The summed E-state index contributed by atoms with van der Waals surface area (Å²) in [4.78, 5) is 21.0. The van der Waals surface area contributed by atoms with Gasteiger partial charge < -0.3 is 9.82 Å². The molecule has 0 radical (unpaired) electrons. The third-order valence-electron chi connectivity index (χ3n) is 4.55. The van der Waals surface area contributed by atoms with Crippen molar-refractivity contribution in [1.82, 2.24) is 4.98 Å². The monoisotopic (exact) mass is 347 g/mol. The van der Waals surface area contributed by atoms with Crippen LogP contribution in [-0.2, 0) is 4.84 Å². The van der Waals surface area contributed by atoms with Crippen LogP contribution in [0.2, 0.25) is 0 Å². The number of rotatable bonds is 4. The number of fused-ring (bicyclic) bond motifs is 1. The fourth-order valence-corrected chi connectivity index (χ4v) is 3.37. The molecule has 3 rings (SSSR count). The first kappa shape index (κ1) is 17.7. The van der Waals surface area contributed by atoms with Crippen LogP contribution in [0, 0.1) is 11.3 Å². The maximum atomic E-state index is 12.8. The molecule has 0 unspecified atom stereocenters. The van der Waals surface area contributed by atoms with Gasteiger partial charge in [-0.25, -0.2) is 0 Å². The summed E-state index contributed by atoms with van der Waals surface area (Å²) in [5, 5.41) is 13.9. The van der Waals surface area contributed by atoms with Gasteiger partial charge in [0.1, 0.15) is 0 Å². The minimum Gasteiger partial charge on any atom is -0.357 e. The molecule has 0 saturated carbocycles. The summed E-state index contributed by atoms with van der Waals surface area (Å²) >= 11 is 0. The van der Waals surface area contributed by atoms with Gasteiger partial charge in [-0.2, -0.15) is 5.26 Å². The molecule has 1 aromatic heterocycles. The van der Waals surface area contributed by atoms with Gasteiger partial charge in [0.25, 0.3) is 5.56 Å². The summed E-state index contributed by atoms with van der Waals surface area (Å²) in [6.07, 6.45) is 8.92. The van der Waals surface area contributed by atoms with Gasteiger partial charge in [0.05, 0.1) is 17.2 Å². The first-order valence-electron chi connectivity index (χ1n) is 8.79. The highest BCUT2D eigenvalue weighted by atomic mass is 16.6. The number of aromatic nitrogens is 1. The third kappa shape index (κ3) is 3.45. The van der Waals surface area contributed by atoms with Crippen molar-refractivity contribution in [2.45, 2.75) is 39.0 Å². The van der Waals surface area contributed by atoms with E-state index in [1.54, 1.807) is 19.1 Å². The van der Waals surface area contributed by atoms with Crippen molar-refractivity contribution in [2.24, 2.45) is 5.16 Å². The zero-order valence-corrected chi connectivity index (χ0v) is 14.8. The molecule has 0 atom stereocenters. The number of hydrogen-bond donors (Lipinski definition) is 1. The van der Waals surface area contributed by atoms with E-state index >= 15 is 0 Å². The van der Waals surface area contributed by atoms with E-state index < -0.39 is 0 Å². The summed E-state index contributed by atoms with van der Waals surface area (Å²) in [6, 6.07) is 7.46.